The van der Waals surface area contributed by atoms with E-state index in [1.54, 1.807) is 24.3 Å². The SMILES string of the molecule is Cc1ccc(N(CCC(=O)NC2CCS(=O)(=O)C2)S(C)(=O)=O)cc1. The van der Waals surface area contributed by atoms with Crippen LogP contribution in [0.2, 0.25) is 0 Å². The Balaban J connectivity index is 1.98. The molecular formula is C15H22N2O5S2. The topological polar surface area (TPSA) is 101 Å². The fourth-order valence-electron chi connectivity index (χ4n) is 2.61. The Morgan fingerprint density at radius 3 is 2.42 bits per heavy atom. The molecule has 0 bridgehead atoms. The number of carbonyl (C=O) groups is 1. The number of sulfonamides is 1. The van der Waals surface area contributed by atoms with Crippen molar-refractivity contribution < 1.29 is 21.6 Å². The smallest absolute Gasteiger partial charge is 0.232 e. The number of benzene rings is 1. The number of nitrogens with one attached hydrogen (secondary N) is 1. The van der Waals surface area contributed by atoms with E-state index < -0.39 is 19.9 Å². The average Bonchev–Trinajstić information content (AvgIpc) is 2.78. The van der Waals surface area contributed by atoms with E-state index in [4.69, 9.17) is 0 Å². The molecule has 9 heteroatoms. The minimum atomic E-state index is -3.51. The summed E-state index contributed by atoms with van der Waals surface area (Å²) >= 11 is 0. The summed E-state index contributed by atoms with van der Waals surface area (Å²) < 4.78 is 47.9. The zero-order chi connectivity index (χ0) is 18.0. The van der Waals surface area contributed by atoms with Crippen molar-refractivity contribution in [2.24, 2.45) is 0 Å². The molecule has 1 saturated heterocycles. The molecule has 2 rings (SSSR count). The van der Waals surface area contributed by atoms with Crippen molar-refractivity contribution in [2.45, 2.75) is 25.8 Å². The van der Waals surface area contributed by atoms with Crippen LogP contribution >= 0.6 is 0 Å². The van der Waals surface area contributed by atoms with Crippen LogP contribution in [0, 0.1) is 6.92 Å². The number of hydrogen-bond donors (Lipinski definition) is 1. The van der Waals surface area contributed by atoms with Crippen molar-refractivity contribution >= 4 is 31.5 Å². The molecular weight excluding hydrogens is 352 g/mol. The minimum absolute atomic E-state index is 0.00714. The molecule has 1 fully saturated rings. The second-order valence-electron chi connectivity index (χ2n) is 6.09. The fraction of sp³-hybridized carbons (Fsp3) is 0.533. The summed E-state index contributed by atoms with van der Waals surface area (Å²) in [4.78, 5) is 12.0. The molecule has 0 radical (unpaired) electrons. The van der Waals surface area contributed by atoms with Crippen LogP contribution in [0.4, 0.5) is 5.69 Å². The van der Waals surface area contributed by atoms with Crippen LogP contribution in [0.25, 0.3) is 0 Å². The monoisotopic (exact) mass is 374 g/mol. The summed E-state index contributed by atoms with van der Waals surface area (Å²) in [7, 11) is -6.58. The Morgan fingerprint density at radius 2 is 1.92 bits per heavy atom. The molecule has 0 aliphatic carbocycles. The lowest BCUT2D eigenvalue weighted by Crippen LogP contribution is -2.39. The second kappa shape index (κ2) is 7.10. The van der Waals surface area contributed by atoms with Crippen molar-refractivity contribution in [1.29, 1.82) is 0 Å². The molecule has 0 spiro atoms. The van der Waals surface area contributed by atoms with Gasteiger partial charge in [0.1, 0.15) is 0 Å². The van der Waals surface area contributed by atoms with Crippen LogP contribution in [0.15, 0.2) is 24.3 Å². The van der Waals surface area contributed by atoms with Gasteiger partial charge in [-0.15, -0.1) is 0 Å². The molecule has 1 aliphatic rings. The molecule has 1 aliphatic heterocycles. The Hall–Kier alpha value is -1.61. The summed E-state index contributed by atoms with van der Waals surface area (Å²) in [5, 5.41) is 2.66. The van der Waals surface area contributed by atoms with Gasteiger partial charge < -0.3 is 5.32 Å². The third kappa shape index (κ3) is 5.20. The number of aryl methyl sites for hydroxylation is 1. The second-order valence-corrected chi connectivity index (χ2v) is 10.2. The zero-order valence-electron chi connectivity index (χ0n) is 13.7. The predicted octanol–water partition coefficient (Wildman–Crippen LogP) is 0.454. The molecule has 1 unspecified atom stereocenters. The van der Waals surface area contributed by atoms with Gasteiger partial charge in [0.2, 0.25) is 15.9 Å². The van der Waals surface area contributed by atoms with Gasteiger partial charge in [-0.05, 0) is 25.5 Å². The van der Waals surface area contributed by atoms with Gasteiger partial charge >= 0.3 is 0 Å². The Kier molecular flexibility index (Phi) is 5.54. The van der Waals surface area contributed by atoms with Gasteiger partial charge in [-0.25, -0.2) is 16.8 Å². The molecule has 0 aromatic heterocycles. The Labute approximate surface area is 143 Å². The average molecular weight is 374 g/mol. The van der Waals surface area contributed by atoms with E-state index in [-0.39, 0.29) is 36.4 Å². The first-order chi connectivity index (χ1) is 11.1. The van der Waals surface area contributed by atoms with E-state index in [1.165, 1.54) is 4.31 Å². The molecule has 0 saturated carbocycles. The number of rotatable bonds is 6. The van der Waals surface area contributed by atoms with Crippen LogP contribution < -0.4 is 9.62 Å². The fourth-order valence-corrected chi connectivity index (χ4v) is 5.21. The molecule has 1 N–H and O–H groups in total. The van der Waals surface area contributed by atoms with Gasteiger partial charge in [-0.2, -0.15) is 0 Å². The van der Waals surface area contributed by atoms with Gasteiger partial charge in [-0.1, -0.05) is 17.7 Å². The van der Waals surface area contributed by atoms with E-state index >= 15 is 0 Å². The van der Waals surface area contributed by atoms with Crippen molar-refractivity contribution in [3.05, 3.63) is 29.8 Å². The maximum Gasteiger partial charge on any atom is 0.232 e. The van der Waals surface area contributed by atoms with Gasteiger partial charge in [0.25, 0.3) is 0 Å². The first-order valence-electron chi connectivity index (χ1n) is 7.61. The highest BCUT2D eigenvalue weighted by Gasteiger charge is 2.29. The van der Waals surface area contributed by atoms with Gasteiger partial charge in [-0.3, -0.25) is 9.10 Å². The number of nitrogens with zero attached hydrogens (tertiary/aromatic N) is 1. The first-order valence-corrected chi connectivity index (χ1v) is 11.3. The molecule has 1 aromatic rings. The van der Waals surface area contributed by atoms with Gasteiger partial charge in [0, 0.05) is 19.0 Å². The Morgan fingerprint density at radius 1 is 1.29 bits per heavy atom. The summed E-state index contributed by atoms with van der Waals surface area (Å²) in [5.41, 5.74) is 1.51. The minimum Gasteiger partial charge on any atom is -0.352 e. The largest absolute Gasteiger partial charge is 0.352 e. The van der Waals surface area contributed by atoms with Crippen molar-refractivity contribution in [3.63, 3.8) is 0 Å². The Bertz CT molecular complexity index is 801. The number of sulfone groups is 1. The van der Waals surface area contributed by atoms with Crippen LogP contribution in [0.5, 0.6) is 0 Å². The number of carbonyl (C=O) groups excluding carboxylic acids is 1. The number of hydrogen-bond acceptors (Lipinski definition) is 5. The maximum atomic E-state index is 12.0. The highest BCUT2D eigenvalue weighted by atomic mass is 32.2. The van der Waals surface area contributed by atoms with Gasteiger partial charge in [0.15, 0.2) is 9.84 Å². The van der Waals surface area contributed by atoms with E-state index in [2.05, 4.69) is 5.32 Å². The normalized spacial score (nSPS) is 19.8. The maximum absolute atomic E-state index is 12.0. The molecule has 24 heavy (non-hydrogen) atoms. The standard InChI is InChI=1S/C15H22N2O5S2/c1-12-3-5-14(6-4-12)17(23(2,19)20)9-7-15(18)16-13-8-10-24(21,22)11-13/h3-6,13H,7-11H2,1-2H3,(H,16,18). The molecule has 1 heterocycles. The van der Waals surface area contributed by atoms with E-state index in [1.807, 2.05) is 6.92 Å². The van der Waals surface area contributed by atoms with Crippen LogP contribution in [-0.4, -0.2) is 53.1 Å². The highest BCUT2D eigenvalue weighted by molar-refractivity contribution is 7.92. The summed E-state index contributed by atoms with van der Waals surface area (Å²) in [6.45, 7) is 1.91. The van der Waals surface area contributed by atoms with Crippen LogP contribution in [0.3, 0.4) is 0 Å². The first kappa shape index (κ1) is 18.7. The van der Waals surface area contributed by atoms with Crippen molar-refractivity contribution in [1.82, 2.24) is 5.32 Å². The zero-order valence-corrected chi connectivity index (χ0v) is 15.4. The predicted molar refractivity (Wildman–Crippen MR) is 93.2 cm³/mol. The lowest BCUT2D eigenvalue weighted by molar-refractivity contribution is -0.121. The summed E-state index contributed by atoms with van der Waals surface area (Å²) in [6, 6.07) is 6.61. The van der Waals surface area contributed by atoms with Crippen LogP contribution in [-0.2, 0) is 24.7 Å². The van der Waals surface area contributed by atoms with E-state index in [9.17, 15) is 21.6 Å². The van der Waals surface area contributed by atoms with Crippen LogP contribution in [0.1, 0.15) is 18.4 Å². The molecule has 1 aromatic carbocycles. The van der Waals surface area contributed by atoms with Crippen molar-refractivity contribution in [3.8, 4) is 0 Å². The lowest BCUT2D eigenvalue weighted by Gasteiger charge is -2.22. The third-order valence-corrected chi connectivity index (χ3v) is 6.82. The van der Waals surface area contributed by atoms with Gasteiger partial charge in [0.05, 0.1) is 23.4 Å². The van der Waals surface area contributed by atoms with E-state index in [0.717, 1.165) is 11.8 Å². The lowest BCUT2D eigenvalue weighted by atomic mass is 10.2. The molecule has 1 atom stereocenters. The number of anilines is 1. The third-order valence-electron chi connectivity index (χ3n) is 3.86. The molecule has 134 valence electrons. The summed E-state index contributed by atoms with van der Waals surface area (Å²) in [6.07, 6.45) is 1.47. The summed E-state index contributed by atoms with van der Waals surface area (Å²) in [5.74, 6) is -0.318. The quantitative estimate of drug-likeness (QED) is 0.779. The van der Waals surface area contributed by atoms with Crippen molar-refractivity contribution in [2.75, 3.05) is 28.6 Å². The number of amides is 1. The molecule has 1 amide bonds. The molecule has 7 nitrogen and oxygen atoms in total. The van der Waals surface area contributed by atoms with E-state index in [0.29, 0.717) is 12.1 Å². The highest BCUT2D eigenvalue weighted by Crippen LogP contribution is 2.18.